The van der Waals surface area contributed by atoms with Crippen molar-refractivity contribution in [3.05, 3.63) is 29.3 Å². The van der Waals surface area contributed by atoms with Gasteiger partial charge in [-0.3, -0.25) is 0 Å². The molecule has 2 N–H and O–H groups in total. The maximum Gasteiger partial charge on any atom is 0.0661 e. The summed E-state index contributed by atoms with van der Waals surface area (Å²) < 4.78 is 0. The van der Waals surface area contributed by atoms with Crippen LogP contribution in [0.2, 0.25) is 5.02 Å². The molecule has 1 aromatic rings. The van der Waals surface area contributed by atoms with Crippen molar-refractivity contribution in [2.75, 3.05) is 11.9 Å². The van der Waals surface area contributed by atoms with Crippen LogP contribution in [0.5, 0.6) is 0 Å². The van der Waals surface area contributed by atoms with E-state index in [-0.39, 0.29) is 12.1 Å². The molecule has 0 aliphatic heterocycles. The zero-order valence-electron chi connectivity index (χ0n) is 11.0. The lowest BCUT2D eigenvalue weighted by molar-refractivity contribution is 0.144. The first kappa shape index (κ1) is 13.7. The van der Waals surface area contributed by atoms with Crippen LogP contribution >= 0.6 is 11.6 Å². The number of hydrogen-bond donors (Lipinski definition) is 2. The number of aliphatic hydroxyl groups excluding tert-OH is 1. The zero-order chi connectivity index (χ0) is 13.0. The maximum absolute atomic E-state index is 9.77. The lowest BCUT2D eigenvalue weighted by atomic mass is 9.76. The number of halogens is 1. The number of anilines is 1. The van der Waals surface area contributed by atoms with Gasteiger partial charge in [0.2, 0.25) is 0 Å². The van der Waals surface area contributed by atoms with Crippen LogP contribution in [0, 0.1) is 5.92 Å². The molecular weight excluding hydrogens is 246 g/mol. The van der Waals surface area contributed by atoms with Gasteiger partial charge in [0.15, 0.2) is 0 Å². The summed E-state index contributed by atoms with van der Waals surface area (Å²) in [4.78, 5) is 0. The Bertz CT molecular complexity index is 390. The Labute approximate surface area is 114 Å². The molecule has 0 radical (unpaired) electrons. The number of hydrogen-bond acceptors (Lipinski definition) is 2. The minimum atomic E-state index is -0.245. The van der Waals surface area contributed by atoms with Crippen LogP contribution in [0.25, 0.3) is 0 Å². The Hall–Kier alpha value is -0.730. The number of benzene rings is 1. The molecule has 0 saturated heterocycles. The second kappa shape index (κ2) is 5.94. The summed E-state index contributed by atoms with van der Waals surface area (Å²) in [5.41, 5.74) is 0.745. The predicted octanol–water partition coefficient (Wildman–Crippen LogP) is 4.08. The van der Waals surface area contributed by atoms with Crippen LogP contribution in [0.15, 0.2) is 24.3 Å². The van der Waals surface area contributed by atoms with Crippen molar-refractivity contribution in [2.24, 2.45) is 5.92 Å². The van der Waals surface area contributed by atoms with Gasteiger partial charge in [-0.25, -0.2) is 0 Å². The van der Waals surface area contributed by atoms with Gasteiger partial charge >= 0.3 is 0 Å². The van der Waals surface area contributed by atoms with Crippen LogP contribution in [0.1, 0.15) is 39.0 Å². The van der Waals surface area contributed by atoms with Crippen molar-refractivity contribution >= 4 is 17.3 Å². The van der Waals surface area contributed by atoms with Crippen molar-refractivity contribution in [3.63, 3.8) is 0 Å². The molecule has 0 amide bonds. The van der Waals surface area contributed by atoms with Crippen LogP contribution in [-0.4, -0.2) is 17.3 Å². The first-order chi connectivity index (χ1) is 8.64. The average molecular weight is 268 g/mol. The predicted molar refractivity (Wildman–Crippen MR) is 77.1 cm³/mol. The third-order valence-electron chi connectivity index (χ3n) is 4.09. The van der Waals surface area contributed by atoms with E-state index < -0.39 is 0 Å². The van der Waals surface area contributed by atoms with Crippen molar-refractivity contribution in [3.8, 4) is 0 Å². The Morgan fingerprint density at radius 1 is 1.33 bits per heavy atom. The van der Waals surface area contributed by atoms with Gasteiger partial charge < -0.3 is 10.4 Å². The fraction of sp³-hybridized carbons (Fsp3) is 0.600. The first-order valence-corrected chi connectivity index (χ1v) is 7.16. The van der Waals surface area contributed by atoms with E-state index in [0.717, 1.165) is 10.7 Å². The molecule has 2 nitrogen and oxygen atoms in total. The monoisotopic (exact) mass is 267 g/mol. The highest BCUT2D eigenvalue weighted by atomic mass is 35.5. The topological polar surface area (TPSA) is 32.3 Å². The minimum Gasteiger partial charge on any atom is -0.394 e. The minimum absolute atomic E-state index is 0.157. The van der Waals surface area contributed by atoms with Crippen LogP contribution < -0.4 is 5.32 Å². The SMILES string of the molecule is CC(CO)(Nc1cccc(Cl)c1)C1CCCCC1. The summed E-state index contributed by atoms with van der Waals surface area (Å²) >= 11 is 6.00. The Balaban J connectivity index is 2.11. The van der Waals surface area contributed by atoms with Gasteiger partial charge in [0.1, 0.15) is 0 Å². The fourth-order valence-corrected chi connectivity index (χ4v) is 3.10. The van der Waals surface area contributed by atoms with E-state index in [1.54, 1.807) is 0 Å². The van der Waals surface area contributed by atoms with Gasteiger partial charge in [-0.1, -0.05) is 36.9 Å². The second-order valence-corrected chi connectivity index (χ2v) is 5.98. The number of aliphatic hydroxyl groups is 1. The first-order valence-electron chi connectivity index (χ1n) is 6.79. The van der Waals surface area contributed by atoms with Gasteiger partial charge in [-0.05, 0) is 43.9 Å². The number of rotatable bonds is 4. The summed E-state index contributed by atoms with van der Waals surface area (Å²) in [6.07, 6.45) is 6.28. The van der Waals surface area contributed by atoms with E-state index in [4.69, 9.17) is 11.6 Å². The van der Waals surface area contributed by atoms with Gasteiger partial charge in [-0.2, -0.15) is 0 Å². The highest BCUT2D eigenvalue weighted by Crippen LogP contribution is 2.35. The molecule has 0 aromatic heterocycles. The molecular formula is C15H22ClNO. The molecule has 2 rings (SSSR count). The zero-order valence-corrected chi connectivity index (χ0v) is 11.7. The van der Waals surface area contributed by atoms with Gasteiger partial charge in [0.25, 0.3) is 0 Å². The normalized spacial score (nSPS) is 20.4. The number of nitrogens with one attached hydrogen (secondary N) is 1. The Kier molecular flexibility index (Phi) is 4.52. The molecule has 1 aliphatic rings. The lowest BCUT2D eigenvalue weighted by Crippen LogP contribution is -2.47. The van der Waals surface area contributed by atoms with Gasteiger partial charge in [-0.15, -0.1) is 0 Å². The molecule has 1 unspecified atom stereocenters. The van der Waals surface area contributed by atoms with Crippen molar-refractivity contribution in [2.45, 2.75) is 44.6 Å². The smallest absolute Gasteiger partial charge is 0.0661 e. The summed E-state index contributed by atoms with van der Waals surface area (Å²) in [5, 5.41) is 14.0. The van der Waals surface area contributed by atoms with Crippen molar-refractivity contribution < 1.29 is 5.11 Å². The van der Waals surface area contributed by atoms with E-state index in [1.807, 2.05) is 24.3 Å². The molecule has 1 aromatic carbocycles. The third kappa shape index (κ3) is 3.18. The van der Waals surface area contributed by atoms with E-state index in [9.17, 15) is 5.11 Å². The Morgan fingerprint density at radius 3 is 2.67 bits per heavy atom. The molecule has 1 saturated carbocycles. The fourth-order valence-electron chi connectivity index (χ4n) is 2.91. The van der Waals surface area contributed by atoms with E-state index in [0.29, 0.717) is 5.92 Å². The highest BCUT2D eigenvalue weighted by Gasteiger charge is 2.34. The molecule has 100 valence electrons. The third-order valence-corrected chi connectivity index (χ3v) is 4.32. The summed E-state index contributed by atoms with van der Waals surface area (Å²) in [6, 6.07) is 7.72. The lowest BCUT2D eigenvalue weighted by Gasteiger charge is -2.40. The second-order valence-electron chi connectivity index (χ2n) is 5.55. The van der Waals surface area contributed by atoms with E-state index in [2.05, 4.69) is 12.2 Å². The van der Waals surface area contributed by atoms with Gasteiger partial charge in [0.05, 0.1) is 12.1 Å². The van der Waals surface area contributed by atoms with Crippen LogP contribution in [0.3, 0.4) is 0 Å². The highest BCUT2D eigenvalue weighted by molar-refractivity contribution is 6.30. The maximum atomic E-state index is 9.77. The Morgan fingerprint density at radius 2 is 2.06 bits per heavy atom. The van der Waals surface area contributed by atoms with Crippen LogP contribution in [0.4, 0.5) is 5.69 Å². The largest absolute Gasteiger partial charge is 0.394 e. The molecule has 0 bridgehead atoms. The summed E-state index contributed by atoms with van der Waals surface area (Å²) in [6.45, 7) is 2.27. The molecule has 1 fully saturated rings. The van der Waals surface area contributed by atoms with Crippen molar-refractivity contribution in [1.29, 1.82) is 0 Å². The van der Waals surface area contributed by atoms with Crippen LogP contribution in [-0.2, 0) is 0 Å². The van der Waals surface area contributed by atoms with Gasteiger partial charge in [0, 0.05) is 10.7 Å². The van der Waals surface area contributed by atoms with E-state index in [1.165, 1.54) is 32.1 Å². The molecule has 1 atom stereocenters. The summed E-state index contributed by atoms with van der Waals surface area (Å²) in [5.74, 6) is 0.537. The molecule has 0 heterocycles. The average Bonchev–Trinajstić information content (AvgIpc) is 2.39. The summed E-state index contributed by atoms with van der Waals surface area (Å²) in [7, 11) is 0. The molecule has 1 aliphatic carbocycles. The quantitative estimate of drug-likeness (QED) is 0.861. The van der Waals surface area contributed by atoms with Crippen molar-refractivity contribution in [1.82, 2.24) is 0 Å². The van der Waals surface area contributed by atoms with E-state index >= 15 is 0 Å². The standard InChI is InChI=1S/C15H22ClNO/c1-15(11-18,12-6-3-2-4-7-12)17-14-9-5-8-13(16)10-14/h5,8-10,12,17-18H,2-4,6-7,11H2,1H3. The molecule has 3 heteroatoms. The molecule has 0 spiro atoms. The molecule has 18 heavy (non-hydrogen) atoms.